The molecule has 0 saturated carbocycles. The quantitative estimate of drug-likeness (QED) is 0.488. The Morgan fingerprint density at radius 2 is 1.75 bits per heavy atom. The molecular weight excluding hydrogens is 389 g/mol. The van der Waals surface area contributed by atoms with Crippen LogP contribution in [-0.4, -0.2) is 17.7 Å². The van der Waals surface area contributed by atoms with Crippen LogP contribution in [0, 0.1) is 0 Å². The summed E-state index contributed by atoms with van der Waals surface area (Å²) in [7, 11) is 0. The van der Waals surface area contributed by atoms with Gasteiger partial charge < -0.3 is 15.2 Å². The number of nitrogens with one attached hydrogen (secondary N) is 2. The number of anilines is 1. The van der Waals surface area contributed by atoms with E-state index in [0.29, 0.717) is 0 Å². The largest absolute Gasteiger partial charge is 0.385 e. The minimum Gasteiger partial charge on any atom is -0.385 e. The molecule has 4 rings (SSSR count). The molecule has 1 aliphatic rings. The third-order valence-electron chi connectivity index (χ3n) is 5.46. The number of aryl methyl sites for hydroxylation is 1. The summed E-state index contributed by atoms with van der Waals surface area (Å²) >= 11 is 0. The summed E-state index contributed by atoms with van der Waals surface area (Å²) in [6.45, 7) is 6.23. The van der Waals surface area contributed by atoms with Gasteiger partial charge in [0.15, 0.2) is 0 Å². The summed E-state index contributed by atoms with van der Waals surface area (Å²) in [5.41, 5.74) is 7.11. The van der Waals surface area contributed by atoms with E-state index in [4.69, 9.17) is 0 Å². The third kappa shape index (κ3) is 4.83. The summed E-state index contributed by atoms with van der Waals surface area (Å²) in [4.78, 5) is 0. The minimum atomic E-state index is 0. The lowest BCUT2D eigenvalue weighted by Crippen LogP contribution is -2.18. The predicted octanol–water partition coefficient (Wildman–Crippen LogP) is 5.59. The van der Waals surface area contributed by atoms with Crippen LogP contribution < -0.4 is 10.6 Å². The van der Waals surface area contributed by atoms with Crippen LogP contribution in [0.2, 0.25) is 0 Å². The normalized spacial score (nSPS) is 12.8. The molecule has 0 bridgehead atoms. The minimum absolute atomic E-state index is 0. The summed E-state index contributed by atoms with van der Waals surface area (Å²) in [6, 6.07) is 17.7. The highest BCUT2D eigenvalue weighted by Crippen LogP contribution is 2.30. The van der Waals surface area contributed by atoms with Gasteiger partial charge in [-0.2, -0.15) is 0 Å². The molecule has 3 aromatic rings. The molecule has 0 spiro atoms. The van der Waals surface area contributed by atoms with Crippen LogP contribution in [-0.2, 0) is 25.9 Å². The summed E-state index contributed by atoms with van der Waals surface area (Å²) < 4.78 is 2.56. The maximum absolute atomic E-state index is 3.63. The Labute approximate surface area is 180 Å². The molecule has 3 nitrogen and oxygen atoms in total. The van der Waals surface area contributed by atoms with Crippen molar-refractivity contribution < 1.29 is 0 Å². The molecule has 1 aromatic heterocycles. The van der Waals surface area contributed by atoms with E-state index in [1.165, 1.54) is 48.0 Å². The smallest absolute Gasteiger partial charge is 0.0485 e. The van der Waals surface area contributed by atoms with Crippen molar-refractivity contribution in [3.63, 3.8) is 0 Å². The lowest BCUT2D eigenvalue weighted by atomic mass is 10.0. The van der Waals surface area contributed by atoms with E-state index in [0.717, 1.165) is 26.1 Å². The van der Waals surface area contributed by atoms with Gasteiger partial charge in [0.1, 0.15) is 0 Å². The predicted molar refractivity (Wildman–Crippen MR) is 125 cm³/mol. The molecule has 0 aliphatic carbocycles. The summed E-state index contributed by atoms with van der Waals surface area (Å²) in [5.74, 6) is 0. The summed E-state index contributed by atoms with van der Waals surface area (Å²) in [5, 5.41) is 8.44. The molecule has 0 unspecified atom stereocenters. The fraction of sp³-hybridized carbons (Fsp3) is 0.391. The Balaban J connectivity index is 0.00000140. The second-order valence-corrected chi connectivity index (χ2v) is 7.21. The first-order valence-electron chi connectivity index (χ1n) is 9.99. The van der Waals surface area contributed by atoms with Crippen LogP contribution in [0.15, 0.2) is 48.5 Å². The van der Waals surface area contributed by atoms with Gasteiger partial charge in [-0.25, -0.2) is 0 Å². The van der Waals surface area contributed by atoms with Gasteiger partial charge in [0.05, 0.1) is 0 Å². The van der Waals surface area contributed by atoms with Crippen molar-refractivity contribution in [2.45, 2.75) is 45.7 Å². The van der Waals surface area contributed by atoms with E-state index in [2.05, 4.69) is 70.7 Å². The lowest BCUT2D eigenvalue weighted by Gasteiger charge is -2.17. The van der Waals surface area contributed by atoms with Gasteiger partial charge in [0.25, 0.3) is 0 Å². The Bertz CT molecular complexity index is 871. The van der Waals surface area contributed by atoms with Crippen LogP contribution in [0.1, 0.15) is 36.6 Å². The molecule has 28 heavy (non-hydrogen) atoms. The number of benzene rings is 2. The first-order chi connectivity index (χ1) is 12.9. The maximum Gasteiger partial charge on any atom is 0.0485 e. The van der Waals surface area contributed by atoms with Gasteiger partial charge in [-0.15, -0.1) is 24.8 Å². The number of rotatable bonds is 7. The fourth-order valence-electron chi connectivity index (χ4n) is 4.20. The summed E-state index contributed by atoms with van der Waals surface area (Å²) in [6.07, 6.45) is 4.98. The van der Waals surface area contributed by atoms with Crippen LogP contribution in [0.5, 0.6) is 0 Å². The molecule has 0 saturated heterocycles. The maximum atomic E-state index is 3.63. The Kier molecular flexibility index (Phi) is 8.68. The highest BCUT2D eigenvalue weighted by molar-refractivity contribution is 5.86. The van der Waals surface area contributed by atoms with Crippen LogP contribution >= 0.6 is 24.8 Å². The Morgan fingerprint density at radius 1 is 0.964 bits per heavy atom. The molecule has 0 atom stereocenters. The number of aromatic nitrogens is 1. The average Bonchev–Trinajstić information content (AvgIpc) is 3.01. The van der Waals surface area contributed by atoms with Crippen LogP contribution in [0.4, 0.5) is 5.69 Å². The van der Waals surface area contributed by atoms with Crippen LogP contribution in [0.3, 0.4) is 0 Å². The van der Waals surface area contributed by atoms with Crippen molar-refractivity contribution in [1.29, 1.82) is 0 Å². The van der Waals surface area contributed by atoms with E-state index < -0.39 is 0 Å². The Morgan fingerprint density at radius 3 is 2.54 bits per heavy atom. The van der Waals surface area contributed by atoms with Gasteiger partial charge in [-0.05, 0) is 68.5 Å². The van der Waals surface area contributed by atoms with Crippen molar-refractivity contribution in [2.75, 3.05) is 18.4 Å². The van der Waals surface area contributed by atoms with E-state index in [-0.39, 0.29) is 24.8 Å². The topological polar surface area (TPSA) is 29.0 Å². The zero-order valence-electron chi connectivity index (χ0n) is 16.5. The second-order valence-electron chi connectivity index (χ2n) is 7.21. The van der Waals surface area contributed by atoms with Crippen molar-refractivity contribution in [3.8, 4) is 0 Å². The molecule has 2 aromatic carbocycles. The number of hydrogen-bond donors (Lipinski definition) is 2. The van der Waals surface area contributed by atoms with Gasteiger partial charge in [-0.3, -0.25) is 0 Å². The molecule has 0 radical (unpaired) electrons. The molecule has 0 fully saturated rings. The van der Waals surface area contributed by atoms with E-state index in [9.17, 15) is 0 Å². The van der Waals surface area contributed by atoms with E-state index in [1.807, 2.05) is 0 Å². The zero-order valence-corrected chi connectivity index (χ0v) is 18.2. The lowest BCUT2D eigenvalue weighted by molar-refractivity contribution is 0.539. The van der Waals surface area contributed by atoms with Gasteiger partial charge >= 0.3 is 0 Å². The molecule has 2 N–H and O–H groups in total. The standard InChI is InChI=1S/C23H29N3.2ClH/c1-2-25-19-12-10-18(11-13-19)17-24-15-14-21-20-7-3-4-8-22(20)26-16-6-5-9-23(21)26;;/h3-4,7-8,10-13,24-25H,2,5-6,9,14-17H2,1H3;2*1H. The number of halogens is 2. The van der Waals surface area contributed by atoms with Gasteiger partial charge in [0, 0.05) is 41.9 Å². The van der Waals surface area contributed by atoms with Crippen molar-refractivity contribution in [1.82, 2.24) is 9.88 Å². The second kappa shape index (κ2) is 10.8. The SMILES string of the molecule is CCNc1ccc(CNCCc2c3n(c4ccccc24)CCCC3)cc1.Cl.Cl. The fourth-order valence-corrected chi connectivity index (χ4v) is 4.20. The number of hydrogen-bond acceptors (Lipinski definition) is 2. The first kappa shape index (κ1) is 22.6. The van der Waals surface area contributed by atoms with Crippen molar-refractivity contribution >= 4 is 41.4 Å². The van der Waals surface area contributed by atoms with E-state index >= 15 is 0 Å². The van der Waals surface area contributed by atoms with E-state index in [1.54, 1.807) is 11.3 Å². The number of nitrogens with zero attached hydrogens (tertiary/aromatic N) is 1. The molecule has 5 heteroatoms. The first-order valence-corrected chi connectivity index (χ1v) is 9.99. The molecule has 1 aliphatic heterocycles. The molecular formula is C23H31Cl2N3. The number of fused-ring (bicyclic) bond motifs is 3. The van der Waals surface area contributed by atoms with Crippen LogP contribution in [0.25, 0.3) is 10.9 Å². The van der Waals surface area contributed by atoms with Gasteiger partial charge in [-0.1, -0.05) is 30.3 Å². The highest BCUT2D eigenvalue weighted by Gasteiger charge is 2.18. The van der Waals surface area contributed by atoms with Gasteiger partial charge in [0.2, 0.25) is 0 Å². The molecule has 152 valence electrons. The Hall–Kier alpha value is -1.68. The monoisotopic (exact) mass is 419 g/mol. The van der Waals surface area contributed by atoms with Crippen molar-refractivity contribution in [2.24, 2.45) is 0 Å². The average molecular weight is 420 g/mol. The zero-order chi connectivity index (χ0) is 17.8. The third-order valence-corrected chi connectivity index (χ3v) is 5.46. The highest BCUT2D eigenvalue weighted by atomic mass is 35.5. The molecule has 2 heterocycles. The number of para-hydroxylation sites is 1. The van der Waals surface area contributed by atoms with Crippen molar-refractivity contribution in [3.05, 3.63) is 65.4 Å². The molecule has 0 amide bonds.